The normalized spacial score (nSPS) is 14.0. The summed E-state index contributed by atoms with van der Waals surface area (Å²) in [5.74, 6) is 0.452. The van der Waals surface area contributed by atoms with E-state index >= 15 is 0 Å². The van der Waals surface area contributed by atoms with Gasteiger partial charge in [-0.1, -0.05) is 27.7 Å². The number of hydrogen-bond donors (Lipinski definition) is 2. The lowest BCUT2D eigenvalue weighted by molar-refractivity contribution is 0.340. The van der Waals surface area contributed by atoms with Gasteiger partial charge in [0.05, 0.1) is 0 Å². The van der Waals surface area contributed by atoms with Crippen molar-refractivity contribution in [2.24, 2.45) is 5.41 Å². The van der Waals surface area contributed by atoms with Gasteiger partial charge in [0.25, 0.3) is 0 Å². The van der Waals surface area contributed by atoms with Gasteiger partial charge in [0.1, 0.15) is 0 Å². The predicted octanol–water partition coefficient (Wildman–Crippen LogP) is 3.00. The zero-order chi connectivity index (χ0) is 10.9. The van der Waals surface area contributed by atoms with Crippen LogP contribution in [0.3, 0.4) is 0 Å². The standard InChI is InChI=1S/C12H20N2/c1-8(12(2,3)4)9-5-10(13)7-11(14)6-9/h5-8H,13-14H2,1-4H3/t8-/m0/s1. The summed E-state index contributed by atoms with van der Waals surface area (Å²) in [6.45, 7) is 8.86. The Morgan fingerprint density at radius 3 is 1.79 bits per heavy atom. The minimum absolute atomic E-state index is 0.236. The molecule has 1 atom stereocenters. The van der Waals surface area contributed by atoms with Gasteiger partial charge in [0, 0.05) is 11.4 Å². The number of anilines is 2. The highest BCUT2D eigenvalue weighted by molar-refractivity contribution is 5.55. The van der Waals surface area contributed by atoms with Gasteiger partial charge in [0.15, 0.2) is 0 Å². The third-order valence-electron chi connectivity index (χ3n) is 2.80. The molecule has 0 spiro atoms. The van der Waals surface area contributed by atoms with Gasteiger partial charge in [-0.15, -0.1) is 0 Å². The van der Waals surface area contributed by atoms with E-state index in [2.05, 4.69) is 27.7 Å². The molecule has 2 heteroatoms. The molecule has 0 amide bonds. The lowest BCUT2D eigenvalue weighted by atomic mass is 9.78. The Kier molecular flexibility index (Phi) is 2.74. The number of hydrogen-bond acceptors (Lipinski definition) is 2. The minimum Gasteiger partial charge on any atom is -0.399 e. The molecule has 4 N–H and O–H groups in total. The Bertz CT molecular complexity index is 303. The fourth-order valence-corrected chi connectivity index (χ4v) is 1.45. The Morgan fingerprint density at radius 2 is 1.43 bits per heavy atom. The summed E-state index contributed by atoms with van der Waals surface area (Å²) in [6.07, 6.45) is 0. The highest BCUT2D eigenvalue weighted by atomic mass is 14.6. The summed E-state index contributed by atoms with van der Waals surface area (Å²) in [5, 5.41) is 0. The molecule has 0 saturated carbocycles. The van der Waals surface area contributed by atoms with Gasteiger partial charge < -0.3 is 11.5 Å². The van der Waals surface area contributed by atoms with Crippen LogP contribution in [0.4, 0.5) is 11.4 Å². The van der Waals surface area contributed by atoms with Gasteiger partial charge >= 0.3 is 0 Å². The van der Waals surface area contributed by atoms with Crippen LogP contribution in [-0.4, -0.2) is 0 Å². The van der Waals surface area contributed by atoms with E-state index in [0.717, 1.165) is 11.4 Å². The molecule has 1 rings (SSSR count). The van der Waals surface area contributed by atoms with Crippen LogP contribution in [0, 0.1) is 5.41 Å². The summed E-state index contributed by atoms with van der Waals surface area (Å²) in [4.78, 5) is 0. The quantitative estimate of drug-likeness (QED) is 0.672. The second-order valence-electron chi connectivity index (χ2n) is 5.02. The summed E-state index contributed by atoms with van der Waals surface area (Å²) in [7, 11) is 0. The maximum absolute atomic E-state index is 5.76. The molecule has 0 aliphatic carbocycles. The molecule has 0 saturated heterocycles. The fourth-order valence-electron chi connectivity index (χ4n) is 1.45. The van der Waals surface area contributed by atoms with E-state index in [4.69, 9.17) is 11.5 Å². The van der Waals surface area contributed by atoms with Gasteiger partial charge in [-0.2, -0.15) is 0 Å². The molecule has 0 aliphatic heterocycles. The Hall–Kier alpha value is -1.18. The Morgan fingerprint density at radius 1 is 1.00 bits per heavy atom. The zero-order valence-electron chi connectivity index (χ0n) is 9.46. The van der Waals surface area contributed by atoms with E-state index in [-0.39, 0.29) is 5.41 Å². The predicted molar refractivity (Wildman–Crippen MR) is 63.1 cm³/mol. The monoisotopic (exact) mass is 192 g/mol. The molecule has 0 aliphatic rings. The van der Waals surface area contributed by atoms with Gasteiger partial charge in [-0.25, -0.2) is 0 Å². The van der Waals surface area contributed by atoms with Gasteiger partial charge in [0.2, 0.25) is 0 Å². The van der Waals surface area contributed by atoms with Crippen LogP contribution in [0.25, 0.3) is 0 Å². The van der Waals surface area contributed by atoms with Crippen LogP contribution in [0.1, 0.15) is 39.2 Å². The minimum atomic E-state index is 0.236. The van der Waals surface area contributed by atoms with Crippen LogP contribution < -0.4 is 11.5 Å². The highest BCUT2D eigenvalue weighted by Gasteiger charge is 2.21. The molecule has 0 unspecified atom stereocenters. The van der Waals surface area contributed by atoms with E-state index in [9.17, 15) is 0 Å². The van der Waals surface area contributed by atoms with Gasteiger partial charge in [-0.05, 0) is 35.1 Å². The number of nitrogens with two attached hydrogens (primary N) is 2. The number of nitrogen functional groups attached to an aromatic ring is 2. The Labute approximate surface area is 86.3 Å². The molecule has 2 nitrogen and oxygen atoms in total. The number of benzene rings is 1. The lowest BCUT2D eigenvalue weighted by Crippen LogP contribution is -2.15. The van der Waals surface area contributed by atoms with Crippen molar-refractivity contribution < 1.29 is 0 Å². The van der Waals surface area contributed by atoms with Crippen molar-refractivity contribution in [3.63, 3.8) is 0 Å². The van der Waals surface area contributed by atoms with Crippen LogP contribution in [0.2, 0.25) is 0 Å². The molecule has 0 aromatic heterocycles. The van der Waals surface area contributed by atoms with E-state index in [1.165, 1.54) is 5.56 Å². The Balaban J connectivity index is 3.07. The SMILES string of the molecule is C[C@@H](c1cc(N)cc(N)c1)C(C)(C)C. The van der Waals surface area contributed by atoms with Gasteiger partial charge in [-0.3, -0.25) is 0 Å². The van der Waals surface area contributed by atoms with Crippen LogP contribution >= 0.6 is 0 Å². The molecule has 0 fully saturated rings. The summed E-state index contributed by atoms with van der Waals surface area (Å²) in [5.41, 5.74) is 14.5. The van der Waals surface area contributed by atoms with Crippen molar-refractivity contribution in [1.29, 1.82) is 0 Å². The second-order valence-corrected chi connectivity index (χ2v) is 5.02. The van der Waals surface area contributed by atoms with Crippen molar-refractivity contribution in [1.82, 2.24) is 0 Å². The summed E-state index contributed by atoms with van der Waals surface area (Å²) >= 11 is 0. The first kappa shape index (κ1) is 10.9. The van der Waals surface area contributed by atoms with Crippen molar-refractivity contribution in [3.8, 4) is 0 Å². The molecule has 0 radical (unpaired) electrons. The maximum atomic E-state index is 5.76. The summed E-state index contributed by atoms with van der Waals surface area (Å²) < 4.78 is 0. The smallest absolute Gasteiger partial charge is 0.0337 e. The molecular formula is C12H20N2. The third kappa shape index (κ3) is 2.41. The maximum Gasteiger partial charge on any atom is 0.0337 e. The van der Waals surface area contributed by atoms with Crippen LogP contribution in [-0.2, 0) is 0 Å². The first-order chi connectivity index (χ1) is 6.30. The van der Waals surface area contributed by atoms with E-state index in [1.54, 1.807) is 6.07 Å². The largest absolute Gasteiger partial charge is 0.399 e. The average Bonchev–Trinajstić information content (AvgIpc) is 1.99. The highest BCUT2D eigenvalue weighted by Crippen LogP contribution is 2.35. The number of rotatable bonds is 1. The molecule has 1 aromatic rings. The lowest BCUT2D eigenvalue weighted by Gasteiger charge is -2.28. The molecule has 1 aromatic carbocycles. The zero-order valence-corrected chi connectivity index (χ0v) is 9.46. The molecular weight excluding hydrogens is 172 g/mol. The molecule has 0 heterocycles. The van der Waals surface area contributed by atoms with Crippen molar-refractivity contribution in [2.45, 2.75) is 33.6 Å². The van der Waals surface area contributed by atoms with Crippen molar-refractivity contribution in [3.05, 3.63) is 23.8 Å². The first-order valence-corrected chi connectivity index (χ1v) is 4.96. The molecule has 78 valence electrons. The first-order valence-electron chi connectivity index (χ1n) is 4.96. The second kappa shape index (κ2) is 3.52. The topological polar surface area (TPSA) is 52.0 Å². The van der Waals surface area contributed by atoms with Crippen LogP contribution in [0.15, 0.2) is 18.2 Å². The fraction of sp³-hybridized carbons (Fsp3) is 0.500. The third-order valence-corrected chi connectivity index (χ3v) is 2.80. The average molecular weight is 192 g/mol. The van der Waals surface area contributed by atoms with E-state index in [1.807, 2.05) is 12.1 Å². The molecule has 14 heavy (non-hydrogen) atoms. The van der Waals surface area contributed by atoms with Crippen molar-refractivity contribution >= 4 is 11.4 Å². The van der Waals surface area contributed by atoms with E-state index < -0.39 is 0 Å². The molecule has 0 bridgehead atoms. The van der Waals surface area contributed by atoms with Crippen molar-refractivity contribution in [2.75, 3.05) is 11.5 Å². The summed E-state index contributed by atoms with van der Waals surface area (Å²) in [6, 6.07) is 5.80. The van der Waals surface area contributed by atoms with Crippen LogP contribution in [0.5, 0.6) is 0 Å². The van der Waals surface area contributed by atoms with E-state index in [0.29, 0.717) is 5.92 Å².